The Balaban J connectivity index is 1.29. The molecule has 0 spiro atoms. The molecule has 1 saturated heterocycles. The second-order valence-corrected chi connectivity index (χ2v) is 10.7. The van der Waals surface area contributed by atoms with Crippen molar-refractivity contribution < 1.29 is 14.7 Å². The van der Waals surface area contributed by atoms with E-state index in [1.54, 1.807) is 0 Å². The van der Waals surface area contributed by atoms with Gasteiger partial charge in [-0.05, 0) is 47.7 Å². The van der Waals surface area contributed by atoms with Crippen molar-refractivity contribution in [3.8, 4) is 11.3 Å². The smallest absolute Gasteiger partial charge is 0.336 e. The number of aromatic carboxylic acids is 1. The van der Waals surface area contributed by atoms with Crippen LogP contribution in [0.25, 0.3) is 28.1 Å². The molecule has 204 valence electrons. The summed E-state index contributed by atoms with van der Waals surface area (Å²) >= 11 is 0. The van der Waals surface area contributed by atoms with Gasteiger partial charge in [-0.1, -0.05) is 66.7 Å². The molecule has 0 atom stereocenters. The van der Waals surface area contributed by atoms with Gasteiger partial charge in [-0.25, -0.2) is 9.78 Å². The standard InChI is InChI=1S/C33H34N4O3/c1-23-27(22-25-13-5-6-14-26(25)29(23)33(39)40)30-31(37-17-8-7-15-28(37)34-30)32(38)36-20-18-35(19-21-36)16-9-12-24-10-3-2-4-11-24/h2-6,9-14,22H,7-8,15-21H2,1H3,(H,39,40)/b12-9+. The van der Waals surface area contributed by atoms with Gasteiger partial charge in [0.05, 0.1) is 5.56 Å². The number of rotatable bonds is 6. The van der Waals surface area contributed by atoms with Gasteiger partial charge in [0.2, 0.25) is 0 Å². The molecule has 3 heterocycles. The number of carboxylic acid groups (broad SMARTS) is 1. The number of piperazine rings is 1. The molecule has 7 nitrogen and oxygen atoms in total. The average molecular weight is 535 g/mol. The van der Waals surface area contributed by atoms with Crippen LogP contribution in [0.1, 0.15) is 50.6 Å². The molecule has 7 heteroatoms. The maximum atomic E-state index is 14.1. The van der Waals surface area contributed by atoms with E-state index >= 15 is 0 Å². The summed E-state index contributed by atoms with van der Waals surface area (Å²) in [6.07, 6.45) is 7.18. The van der Waals surface area contributed by atoms with E-state index in [0.29, 0.717) is 35.4 Å². The molecule has 2 aliphatic heterocycles. The number of amides is 1. The van der Waals surface area contributed by atoms with Crippen molar-refractivity contribution in [3.05, 3.63) is 94.9 Å². The van der Waals surface area contributed by atoms with Crippen LogP contribution in [0.5, 0.6) is 0 Å². The number of aryl methyl sites for hydroxylation is 1. The quantitative estimate of drug-likeness (QED) is 0.353. The Bertz CT molecular complexity index is 1600. The third kappa shape index (κ3) is 4.93. The number of nitrogens with zero attached hydrogens (tertiary/aromatic N) is 4. The third-order valence-electron chi connectivity index (χ3n) is 8.19. The lowest BCUT2D eigenvalue weighted by molar-refractivity contribution is 0.0638. The first-order valence-corrected chi connectivity index (χ1v) is 14.1. The van der Waals surface area contributed by atoms with Crippen molar-refractivity contribution in [1.82, 2.24) is 19.4 Å². The summed E-state index contributed by atoms with van der Waals surface area (Å²) in [5.74, 6) is -0.0666. The van der Waals surface area contributed by atoms with Gasteiger partial charge >= 0.3 is 5.97 Å². The molecule has 1 N–H and O–H groups in total. The number of aromatic nitrogens is 2. The molecule has 1 aromatic heterocycles. The Morgan fingerprint density at radius 2 is 1.70 bits per heavy atom. The van der Waals surface area contributed by atoms with Crippen molar-refractivity contribution in [3.63, 3.8) is 0 Å². The van der Waals surface area contributed by atoms with E-state index in [-0.39, 0.29) is 11.5 Å². The number of fused-ring (bicyclic) bond motifs is 2. The predicted octanol–water partition coefficient (Wildman–Crippen LogP) is 5.52. The molecule has 4 aromatic rings. The lowest BCUT2D eigenvalue weighted by atomic mass is 9.92. The molecule has 0 aliphatic carbocycles. The van der Waals surface area contributed by atoms with Gasteiger partial charge in [-0.2, -0.15) is 0 Å². The maximum absolute atomic E-state index is 14.1. The molecular formula is C33H34N4O3. The zero-order valence-electron chi connectivity index (χ0n) is 22.8. The Morgan fingerprint density at radius 3 is 2.48 bits per heavy atom. The van der Waals surface area contributed by atoms with Crippen molar-refractivity contribution in [2.75, 3.05) is 32.7 Å². The van der Waals surface area contributed by atoms with Gasteiger partial charge < -0.3 is 14.6 Å². The van der Waals surface area contributed by atoms with Crippen molar-refractivity contribution in [2.24, 2.45) is 0 Å². The number of benzene rings is 3. The van der Waals surface area contributed by atoms with Gasteiger partial charge in [0, 0.05) is 51.3 Å². The van der Waals surface area contributed by atoms with E-state index < -0.39 is 5.97 Å². The fourth-order valence-electron chi connectivity index (χ4n) is 6.05. The summed E-state index contributed by atoms with van der Waals surface area (Å²) in [7, 11) is 0. The molecule has 3 aromatic carbocycles. The first kappa shape index (κ1) is 26.0. The number of carboxylic acids is 1. The zero-order valence-corrected chi connectivity index (χ0v) is 22.8. The third-order valence-corrected chi connectivity index (χ3v) is 8.19. The molecule has 1 amide bonds. The second kappa shape index (κ2) is 11.1. The maximum Gasteiger partial charge on any atom is 0.336 e. The Hall–Kier alpha value is -4.23. The molecular weight excluding hydrogens is 500 g/mol. The molecule has 6 rings (SSSR count). The van der Waals surface area contributed by atoms with Gasteiger partial charge in [-0.3, -0.25) is 9.69 Å². The predicted molar refractivity (Wildman–Crippen MR) is 158 cm³/mol. The van der Waals surface area contributed by atoms with Crippen LogP contribution in [0.15, 0.2) is 66.7 Å². The van der Waals surface area contributed by atoms with Gasteiger partial charge in [0.15, 0.2) is 0 Å². The van der Waals surface area contributed by atoms with E-state index in [1.165, 1.54) is 5.56 Å². The van der Waals surface area contributed by atoms with E-state index in [0.717, 1.165) is 62.2 Å². The van der Waals surface area contributed by atoms with Gasteiger partial charge in [0.25, 0.3) is 5.91 Å². The summed E-state index contributed by atoms with van der Waals surface area (Å²) in [4.78, 5) is 35.8. The highest BCUT2D eigenvalue weighted by molar-refractivity contribution is 6.09. The topological polar surface area (TPSA) is 78.7 Å². The van der Waals surface area contributed by atoms with Crippen LogP contribution in [0.4, 0.5) is 0 Å². The highest BCUT2D eigenvalue weighted by Crippen LogP contribution is 2.36. The molecule has 0 radical (unpaired) electrons. The number of carbonyl (C=O) groups excluding carboxylic acids is 1. The highest BCUT2D eigenvalue weighted by Gasteiger charge is 2.32. The van der Waals surface area contributed by atoms with Crippen LogP contribution in [-0.4, -0.2) is 69.1 Å². The Kier molecular flexibility index (Phi) is 7.22. The summed E-state index contributed by atoms with van der Waals surface area (Å²) in [5, 5.41) is 11.7. The lowest BCUT2D eigenvalue weighted by Gasteiger charge is -2.34. The van der Waals surface area contributed by atoms with Crippen LogP contribution in [0.3, 0.4) is 0 Å². The van der Waals surface area contributed by atoms with Crippen molar-refractivity contribution >= 4 is 28.7 Å². The Morgan fingerprint density at radius 1 is 0.950 bits per heavy atom. The minimum absolute atomic E-state index is 0.0143. The first-order valence-electron chi connectivity index (χ1n) is 14.1. The van der Waals surface area contributed by atoms with Gasteiger partial charge in [0.1, 0.15) is 17.2 Å². The first-order chi connectivity index (χ1) is 19.5. The normalized spacial score (nSPS) is 16.0. The summed E-state index contributed by atoms with van der Waals surface area (Å²) < 4.78 is 2.09. The molecule has 1 fully saturated rings. The highest BCUT2D eigenvalue weighted by atomic mass is 16.4. The fraction of sp³-hybridized carbons (Fsp3) is 0.303. The van der Waals surface area contributed by atoms with E-state index in [9.17, 15) is 14.7 Å². The van der Waals surface area contributed by atoms with Crippen molar-refractivity contribution in [2.45, 2.75) is 32.7 Å². The summed E-state index contributed by atoms with van der Waals surface area (Å²) in [5.41, 5.74) is 4.04. The second-order valence-electron chi connectivity index (χ2n) is 10.7. The molecule has 0 bridgehead atoms. The number of hydrogen-bond donors (Lipinski definition) is 1. The average Bonchev–Trinajstić information content (AvgIpc) is 3.36. The van der Waals surface area contributed by atoms with Crippen molar-refractivity contribution in [1.29, 1.82) is 0 Å². The van der Waals surface area contributed by atoms with E-state index in [1.807, 2.05) is 60.4 Å². The molecule has 0 unspecified atom stereocenters. The minimum Gasteiger partial charge on any atom is -0.478 e. The SMILES string of the molecule is Cc1c(-c2nc3n(c2C(=O)N2CCN(C/C=C/c4ccccc4)CC2)CCCC3)cc2ccccc2c1C(=O)O. The molecule has 40 heavy (non-hydrogen) atoms. The minimum atomic E-state index is -0.968. The van der Waals surface area contributed by atoms with Crippen LogP contribution in [0.2, 0.25) is 0 Å². The van der Waals surface area contributed by atoms with Gasteiger partial charge in [-0.15, -0.1) is 0 Å². The Labute approximate surface area is 234 Å². The zero-order chi connectivity index (χ0) is 27.6. The summed E-state index contributed by atoms with van der Waals surface area (Å²) in [6.45, 7) is 6.34. The molecule has 0 saturated carbocycles. The van der Waals surface area contributed by atoms with E-state index in [4.69, 9.17) is 4.98 Å². The van der Waals surface area contributed by atoms with Crippen LogP contribution in [-0.2, 0) is 13.0 Å². The largest absolute Gasteiger partial charge is 0.478 e. The molecule has 2 aliphatic rings. The monoisotopic (exact) mass is 534 g/mol. The number of hydrogen-bond acceptors (Lipinski definition) is 4. The number of carbonyl (C=O) groups is 2. The van der Waals surface area contributed by atoms with Crippen LogP contribution in [0, 0.1) is 6.92 Å². The number of imidazole rings is 1. The van der Waals surface area contributed by atoms with Crippen LogP contribution < -0.4 is 0 Å². The lowest BCUT2D eigenvalue weighted by Crippen LogP contribution is -2.49. The van der Waals surface area contributed by atoms with Crippen LogP contribution >= 0.6 is 0 Å². The van der Waals surface area contributed by atoms with E-state index in [2.05, 4.69) is 33.8 Å². The summed E-state index contributed by atoms with van der Waals surface area (Å²) in [6, 6.07) is 19.8. The fourth-order valence-corrected chi connectivity index (χ4v) is 6.05.